The summed E-state index contributed by atoms with van der Waals surface area (Å²) in [6, 6.07) is 12.4. The lowest BCUT2D eigenvalue weighted by Gasteiger charge is -2.10. The lowest BCUT2D eigenvalue weighted by atomic mass is 10.2. The number of hydrogen-bond donors (Lipinski definition) is 3. The Balaban J connectivity index is 1.54. The zero-order valence-electron chi connectivity index (χ0n) is 14.3. The van der Waals surface area contributed by atoms with Crippen molar-refractivity contribution in [3.63, 3.8) is 0 Å². The van der Waals surface area contributed by atoms with E-state index < -0.39 is 0 Å². The molecule has 3 N–H and O–H groups in total. The van der Waals surface area contributed by atoms with E-state index in [1.165, 1.54) is 0 Å². The molecule has 2 amide bonds. The van der Waals surface area contributed by atoms with E-state index in [1.54, 1.807) is 49.6 Å². The molecule has 136 valence electrons. The van der Waals surface area contributed by atoms with E-state index in [1.807, 2.05) is 0 Å². The molecule has 1 aliphatic carbocycles. The summed E-state index contributed by atoms with van der Waals surface area (Å²) >= 11 is 6.06. The van der Waals surface area contributed by atoms with Crippen LogP contribution in [0.15, 0.2) is 42.5 Å². The molecule has 0 radical (unpaired) electrons. The van der Waals surface area contributed by atoms with Gasteiger partial charge in [-0.15, -0.1) is 0 Å². The van der Waals surface area contributed by atoms with Gasteiger partial charge >= 0.3 is 0 Å². The molecular weight excluding hydrogens is 354 g/mol. The highest BCUT2D eigenvalue weighted by molar-refractivity contribution is 6.32. The second-order valence-corrected chi connectivity index (χ2v) is 6.49. The summed E-state index contributed by atoms with van der Waals surface area (Å²) in [6.45, 7) is 0.0706. The number of nitrogens with one attached hydrogen (secondary N) is 3. The van der Waals surface area contributed by atoms with Gasteiger partial charge in [0.15, 0.2) is 0 Å². The maximum Gasteiger partial charge on any atom is 0.251 e. The third-order valence-corrected chi connectivity index (χ3v) is 4.22. The molecule has 0 aromatic heterocycles. The first-order chi connectivity index (χ1) is 12.5. The molecule has 1 fully saturated rings. The van der Waals surface area contributed by atoms with Crippen LogP contribution in [0.25, 0.3) is 0 Å². The monoisotopic (exact) mass is 373 g/mol. The number of halogens is 1. The molecule has 6 nitrogen and oxygen atoms in total. The minimum Gasteiger partial charge on any atom is -0.495 e. The van der Waals surface area contributed by atoms with Crippen LogP contribution in [-0.4, -0.2) is 31.5 Å². The van der Waals surface area contributed by atoms with Gasteiger partial charge in [0, 0.05) is 23.0 Å². The molecule has 7 heteroatoms. The summed E-state index contributed by atoms with van der Waals surface area (Å²) in [4.78, 5) is 24.2. The van der Waals surface area contributed by atoms with E-state index in [-0.39, 0.29) is 18.4 Å². The highest BCUT2D eigenvalue weighted by Gasteiger charge is 2.23. The van der Waals surface area contributed by atoms with Gasteiger partial charge in [-0.2, -0.15) is 0 Å². The lowest BCUT2D eigenvalue weighted by Crippen LogP contribution is -2.26. The number of benzene rings is 2. The minimum absolute atomic E-state index is 0.0706. The molecule has 26 heavy (non-hydrogen) atoms. The minimum atomic E-state index is -0.225. The standard InChI is InChI=1S/C19H20ClN3O3/c1-26-17-8-7-14(10-16(17)20)21-11-18(24)22-15-4-2-3-12(9-15)19(25)23-13-5-6-13/h2-4,7-10,13,21H,5-6,11H2,1H3,(H,22,24)(H,23,25). The molecule has 0 saturated heterocycles. The molecule has 1 saturated carbocycles. The normalized spacial score (nSPS) is 13.0. The largest absolute Gasteiger partial charge is 0.495 e. The molecule has 3 rings (SSSR count). The Morgan fingerprint density at radius 2 is 1.96 bits per heavy atom. The van der Waals surface area contributed by atoms with Crippen LogP contribution in [0, 0.1) is 0 Å². The molecule has 1 aliphatic rings. The van der Waals surface area contributed by atoms with Crippen molar-refractivity contribution in [1.29, 1.82) is 0 Å². The van der Waals surface area contributed by atoms with Crippen molar-refractivity contribution in [2.75, 3.05) is 24.3 Å². The van der Waals surface area contributed by atoms with Crippen molar-refractivity contribution in [3.05, 3.63) is 53.1 Å². The van der Waals surface area contributed by atoms with Gasteiger partial charge in [-0.25, -0.2) is 0 Å². The van der Waals surface area contributed by atoms with E-state index in [4.69, 9.17) is 16.3 Å². The maximum absolute atomic E-state index is 12.1. The molecule has 2 aromatic carbocycles. The van der Waals surface area contributed by atoms with Crippen LogP contribution in [0.4, 0.5) is 11.4 Å². The number of rotatable bonds is 7. The summed E-state index contributed by atoms with van der Waals surface area (Å²) in [5.41, 5.74) is 1.82. The molecule has 0 heterocycles. The Labute approximate surface area is 156 Å². The highest BCUT2D eigenvalue weighted by atomic mass is 35.5. The van der Waals surface area contributed by atoms with E-state index in [0.29, 0.717) is 33.8 Å². The van der Waals surface area contributed by atoms with Gasteiger partial charge in [-0.1, -0.05) is 17.7 Å². The molecule has 0 atom stereocenters. The summed E-state index contributed by atoms with van der Waals surface area (Å²) in [6.07, 6.45) is 2.06. The molecule has 0 aliphatic heterocycles. The van der Waals surface area contributed by atoms with Crippen molar-refractivity contribution >= 4 is 34.8 Å². The first kappa shape index (κ1) is 18.1. The molecule has 0 spiro atoms. The summed E-state index contributed by atoms with van der Waals surface area (Å²) < 4.78 is 5.09. The predicted molar refractivity (Wildman–Crippen MR) is 102 cm³/mol. The van der Waals surface area contributed by atoms with E-state index in [9.17, 15) is 9.59 Å². The number of carbonyl (C=O) groups is 2. The average Bonchev–Trinajstić information content (AvgIpc) is 3.44. The third-order valence-electron chi connectivity index (χ3n) is 3.93. The zero-order valence-corrected chi connectivity index (χ0v) is 15.1. The van der Waals surface area contributed by atoms with Gasteiger partial charge < -0.3 is 20.7 Å². The summed E-state index contributed by atoms with van der Waals surface area (Å²) in [5.74, 6) is 0.231. The van der Waals surface area contributed by atoms with Gasteiger partial charge in [0.1, 0.15) is 5.75 Å². The van der Waals surface area contributed by atoms with Crippen LogP contribution >= 0.6 is 11.6 Å². The van der Waals surface area contributed by atoms with E-state index >= 15 is 0 Å². The lowest BCUT2D eigenvalue weighted by molar-refractivity contribution is -0.114. The fraction of sp³-hybridized carbons (Fsp3) is 0.263. The van der Waals surface area contributed by atoms with E-state index in [0.717, 1.165) is 12.8 Å². The second-order valence-electron chi connectivity index (χ2n) is 6.08. The Bertz CT molecular complexity index is 821. The summed E-state index contributed by atoms with van der Waals surface area (Å²) in [5, 5.41) is 9.16. The van der Waals surface area contributed by atoms with Crippen LogP contribution < -0.4 is 20.7 Å². The molecule has 2 aromatic rings. The first-order valence-corrected chi connectivity index (χ1v) is 8.71. The van der Waals surface area contributed by atoms with Crippen molar-refractivity contribution in [3.8, 4) is 5.75 Å². The molecule has 0 bridgehead atoms. The molecular formula is C19H20ClN3O3. The van der Waals surface area contributed by atoms with Crippen molar-refractivity contribution in [2.45, 2.75) is 18.9 Å². The first-order valence-electron chi connectivity index (χ1n) is 8.33. The third kappa shape index (κ3) is 4.89. The van der Waals surface area contributed by atoms with E-state index in [2.05, 4.69) is 16.0 Å². The smallest absolute Gasteiger partial charge is 0.251 e. The van der Waals surface area contributed by atoms with Gasteiger partial charge in [0.25, 0.3) is 5.91 Å². The number of anilines is 2. The highest BCUT2D eigenvalue weighted by Crippen LogP contribution is 2.27. The Morgan fingerprint density at radius 1 is 1.15 bits per heavy atom. The Kier molecular flexibility index (Phi) is 5.63. The van der Waals surface area contributed by atoms with Crippen LogP contribution in [0.1, 0.15) is 23.2 Å². The number of methoxy groups -OCH3 is 1. The van der Waals surface area contributed by atoms with Crippen molar-refractivity contribution in [1.82, 2.24) is 5.32 Å². The average molecular weight is 374 g/mol. The van der Waals surface area contributed by atoms with Crippen molar-refractivity contribution in [2.24, 2.45) is 0 Å². The van der Waals surface area contributed by atoms with Gasteiger partial charge in [-0.05, 0) is 49.2 Å². The van der Waals surface area contributed by atoms with Crippen LogP contribution in [0.3, 0.4) is 0 Å². The quantitative estimate of drug-likeness (QED) is 0.695. The fourth-order valence-electron chi connectivity index (χ4n) is 2.40. The number of ether oxygens (including phenoxy) is 1. The van der Waals surface area contributed by atoms with Gasteiger partial charge in [0.05, 0.1) is 18.7 Å². The predicted octanol–water partition coefficient (Wildman–Crippen LogP) is 3.29. The van der Waals surface area contributed by atoms with Crippen LogP contribution in [0.2, 0.25) is 5.02 Å². The van der Waals surface area contributed by atoms with Crippen LogP contribution in [-0.2, 0) is 4.79 Å². The van der Waals surface area contributed by atoms with Crippen LogP contribution in [0.5, 0.6) is 5.75 Å². The Morgan fingerprint density at radius 3 is 2.65 bits per heavy atom. The second kappa shape index (κ2) is 8.10. The topological polar surface area (TPSA) is 79.5 Å². The number of carbonyl (C=O) groups excluding carboxylic acids is 2. The maximum atomic E-state index is 12.1. The molecule has 0 unspecified atom stereocenters. The SMILES string of the molecule is COc1ccc(NCC(=O)Nc2cccc(C(=O)NC3CC3)c2)cc1Cl. The van der Waals surface area contributed by atoms with Gasteiger partial charge in [-0.3, -0.25) is 9.59 Å². The number of amides is 2. The Hall–Kier alpha value is -2.73. The fourth-order valence-corrected chi connectivity index (χ4v) is 2.66. The zero-order chi connectivity index (χ0) is 18.5. The number of hydrogen-bond acceptors (Lipinski definition) is 4. The summed E-state index contributed by atoms with van der Waals surface area (Å²) in [7, 11) is 1.54. The van der Waals surface area contributed by atoms with Crippen molar-refractivity contribution < 1.29 is 14.3 Å². The van der Waals surface area contributed by atoms with Gasteiger partial charge in [0.2, 0.25) is 5.91 Å².